The number of carbonyl (C=O) groups is 2. The Balaban J connectivity index is 1.46. The van der Waals surface area contributed by atoms with Gasteiger partial charge in [-0.3, -0.25) is 9.59 Å². The summed E-state index contributed by atoms with van der Waals surface area (Å²) in [6.45, 7) is 0.376. The molecule has 2 heterocycles. The highest BCUT2D eigenvalue weighted by Crippen LogP contribution is 2.26. The van der Waals surface area contributed by atoms with E-state index in [1.165, 1.54) is 11.0 Å². The van der Waals surface area contributed by atoms with Gasteiger partial charge in [-0.1, -0.05) is 24.3 Å². The zero-order chi connectivity index (χ0) is 17.9. The van der Waals surface area contributed by atoms with Crippen LogP contribution >= 0.6 is 0 Å². The lowest BCUT2D eigenvalue weighted by Gasteiger charge is -2.16. The van der Waals surface area contributed by atoms with Crippen molar-refractivity contribution < 1.29 is 9.59 Å². The Kier molecular flexibility index (Phi) is 4.14. The van der Waals surface area contributed by atoms with Crippen molar-refractivity contribution in [2.24, 2.45) is 5.92 Å². The van der Waals surface area contributed by atoms with Gasteiger partial charge in [0.1, 0.15) is 6.33 Å². The van der Waals surface area contributed by atoms with Crippen LogP contribution in [0.1, 0.15) is 6.42 Å². The van der Waals surface area contributed by atoms with Gasteiger partial charge in [-0.15, -0.1) is 5.10 Å². The molecule has 1 aliphatic rings. The van der Waals surface area contributed by atoms with Crippen LogP contribution in [0.15, 0.2) is 60.9 Å². The second-order valence-corrected chi connectivity index (χ2v) is 6.03. The first-order valence-electron chi connectivity index (χ1n) is 8.20. The van der Waals surface area contributed by atoms with Crippen LogP contribution in [-0.4, -0.2) is 38.6 Å². The fourth-order valence-corrected chi connectivity index (χ4v) is 2.99. The van der Waals surface area contributed by atoms with Crippen LogP contribution < -0.4 is 10.2 Å². The fourth-order valence-electron chi connectivity index (χ4n) is 2.99. The maximum absolute atomic E-state index is 12.6. The topological polar surface area (TPSA) is 93.0 Å². The number of rotatable bonds is 4. The second-order valence-electron chi connectivity index (χ2n) is 6.03. The van der Waals surface area contributed by atoms with Crippen LogP contribution in [0.25, 0.3) is 5.69 Å². The Labute approximate surface area is 149 Å². The van der Waals surface area contributed by atoms with Crippen LogP contribution in [0, 0.1) is 5.92 Å². The number of hydrogen-bond donors (Lipinski definition) is 1. The van der Waals surface area contributed by atoms with E-state index in [1.54, 1.807) is 17.0 Å². The molecular weight excluding hydrogens is 332 g/mol. The molecule has 8 heteroatoms. The molecule has 1 fully saturated rings. The molecular formula is C18H16N6O2. The molecule has 130 valence electrons. The molecule has 8 nitrogen and oxygen atoms in total. The predicted molar refractivity (Wildman–Crippen MR) is 94.7 cm³/mol. The SMILES string of the molecule is O=C(Nc1cccc(-n2cnnn2)c1)[C@H]1CC(=O)N(c2ccccc2)C1. The summed E-state index contributed by atoms with van der Waals surface area (Å²) in [5.74, 6) is -0.608. The van der Waals surface area contributed by atoms with E-state index < -0.39 is 0 Å². The highest BCUT2D eigenvalue weighted by atomic mass is 16.2. The van der Waals surface area contributed by atoms with Crippen LogP contribution in [0.2, 0.25) is 0 Å². The number of hydrogen-bond acceptors (Lipinski definition) is 5. The maximum Gasteiger partial charge on any atom is 0.229 e. The Bertz CT molecular complexity index is 926. The van der Waals surface area contributed by atoms with Gasteiger partial charge in [0.2, 0.25) is 11.8 Å². The minimum Gasteiger partial charge on any atom is -0.326 e. The van der Waals surface area contributed by atoms with E-state index in [0.717, 1.165) is 11.4 Å². The summed E-state index contributed by atoms with van der Waals surface area (Å²) in [4.78, 5) is 26.5. The van der Waals surface area contributed by atoms with Crippen molar-refractivity contribution in [1.82, 2.24) is 20.2 Å². The van der Waals surface area contributed by atoms with Gasteiger partial charge in [0, 0.05) is 24.3 Å². The van der Waals surface area contributed by atoms with E-state index in [1.807, 2.05) is 42.5 Å². The molecule has 4 rings (SSSR count). The van der Waals surface area contributed by atoms with Gasteiger partial charge in [0.25, 0.3) is 0 Å². The summed E-state index contributed by atoms with van der Waals surface area (Å²) < 4.78 is 1.51. The third kappa shape index (κ3) is 3.16. The number of anilines is 2. The molecule has 0 unspecified atom stereocenters. The molecule has 2 aromatic carbocycles. The number of carbonyl (C=O) groups excluding carboxylic acids is 2. The molecule has 1 aromatic heterocycles. The molecule has 1 saturated heterocycles. The molecule has 1 aliphatic heterocycles. The molecule has 0 radical (unpaired) electrons. The smallest absolute Gasteiger partial charge is 0.229 e. The predicted octanol–water partition coefficient (Wildman–Crippen LogP) is 1.65. The Morgan fingerprint density at radius 3 is 2.65 bits per heavy atom. The van der Waals surface area contributed by atoms with Gasteiger partial charge >= 0.3 is 0 Å². The minimum atomic E-state index is -0.389. The van der Waals surface area contributed by atoms with E-state index in [2.05, 4.69) is 20.8 Å². The average Bonchev–Trinajstić information content (AvgIpc) is 3.32. The highest BCUT2D eigenvalue weighted by Gasteiger charge is 2.35. The average molecular weight is 348 g/mol. The molecule has 0 spiro atoms. The normalized spacial score (nSPS) is 16.7. The van der Waals surface area contributed by atoms with Crippen molar-refractivity contribution in [2.45, 2.75) is 6.42 Å². The van der Waals surface area contributed by atoms with Crippen LogP contribution in [-0.2, 0) is 9.59 Å². The van der Waals surface area contributed by atoms with Gasteiger partial charge in [-0.25, -0.2) is 4.68 Å². The van der Waals surface area contributed by atoms with Crippen molar-refractivity contribution in [3.8, 4) is 5.69 Å². The standard InChI is InChI=1S/C18H16N6O2/c25-17-9-13(11-23(17)15-6-2-1-3-7-15)18(26)20-14-5-4-8-16(10-14)24-12-19-21-22-24/h1-8,10,12-13H,9,11H2,(H,20,26)/t13-/m0/s1. The third-order valence-electron chi connectivity index (χ3n) is 4.29. The number of nitrogens with one attached hydrogen (secondary N) is 1. The second kappa shape index (κ2) is 6.75. The fraction of sp³-hybridized carbons (Fsp3) is 0.167. The van der Waals surface area contributed by atoms with Crippen LogP contribution in [0.5, 0.6) is 0 Å². The Morgan fingerprint density at radius 2 is 1.88 bits per heavy atom. The van der Waals surface area contributed by atoms with E-state index in [-0.39, 0.29) is 24.2 Å². The minimum absolute atomic E-state index is 0.0428. The largest absolute Gasteiger partial charge is 0.326 e. The van der Waals surface area contributed by atoms with Gasteiger partial charge < -0.3 is 10.2 Å². The van der Waals surface area contributed by atoms with E-state index in [9.17, 15) is 9.59 Å². The monoisotopic (exact) mass is 348 g/mol. The lowest BCUT2D eigenvalue weighted by atomic mass is 10.1. The van der Waals surface area contributed by atoms with Crippen LogP contribution in [0.3, 0.4) is 0 Å². The number of aromatic nitrogens is 4. The zero-order valence-corrected chi connectivity index (χ0v) is 13.8. The van der Waals surface area contributed by atoms with Gasteiger partial charge in [-0.05, 0) is 40.8 Å². The van der Waals surface area contributed by atoms with Crippen molar-refractivity contribution in [2.75, 3.05) is 16.8 Å². The van der Waals surface area contributed by atoms with E-state index >= 15 is 0 Å². The van der Waals surface area contributed by atoms with E-state index in [4.69, 9.17) is 0 Å². The van der Waals surface area contributed by atoms with Gasteiger partial charge in [-0.2, -0.15) is 0 Å². The summed E-state index contributed by atoms with van der Waals surface area (Å²) in [6, 6.07) is 16.6. The van der Waals surface area contributed by atoms with Crippen molar-refractivity contribution in [3.05, 3.63) is 60.9 Å². The van der Waals surface area contributed by atoms with E-state index in [0.29, 0.717) is 12.2 Å². The molecule has 1 atom stereocenters. The summed E-state index contributed by atoms with van der Waals surface area (Å²) in [5.41, 5.74) is 2.18. The van der Waals surface area contributed by atoms with Crippen molar-refractivity contribution in [1.29, 1.82) is 0 Å². The first kappa shape index (κ1) is 15.9. The number of nitrogens with zero attached hydrogens (tertiary/aromatic N) is 5. The summed E-state index contributed by atoms with van der Waals surface area (Å²) in [5, 5.41) is 13.9. The molecule has 2 amide bonds. The molecule has 0 aliphatic carbocycles. The lowest BCUT2D eigenvalue weighted by Crippen LogP contribution is -2.28. The molecule has 3 aromatic rings. The molecule has 1 N–H and O–H groups in total. The molecule has 0 bridgehead atoms. The first-order valence-corrected chi connectivity index (χ1v) is 8.20. The van der Waals surface area contributed by atoms with Crippen LogP contribution in [0.4, 0.5) is 11.4 Å². The summed E-state index contributed by atoms with van der Waals surface area (Å²) in [6.07, 6.45) is 1.68. The summed E-state index contributed by atoms with van der Waals surface area (Å²) in [7, 11) is 0. The van der Waals surface area contributed by atoms with Gasteiger partial charge in [0.15, 0.2) is 0 Å². The Morgan fingerprint density at radius 1 is 1.08 bits per heavy atom. The number of para-hydroxylation sites is 1. The first-order chi connectivity index (χ1) is 12.7. The number of tetrazole rings is 1. The molecule has 26 heavy (non-hydrogen) atoms. The number of benzene rings is 2. The van der Waals surface area contributed by atoms with Gasteiger partial charge in [0.05, 0.1) is 11.6 Å². The maximum atomic E-state index is 12.6. The summed E-state index contributed by atoms with van der Waals surface area (Å²) >= 11 is 0. The highest BCUT2D eigenvalue weighted by molar-refractivity contribution is 6.03. The third-order valence-corrected chi connectivity index (χ3v) is 4.29. The number of amides is 2. The quantitative estimate of drug-likeness (QED) is 0.774. The lowest BCUT2D eigenvalue weighted by molar-refractivity contribution is -0.122. The van der Waals surface area contributed by atoms with Crippen molar-refractivity contribution in [3.63, 3.8) is 0 Å². The zero-order valence-electron chi connectivity index (χ0n) is 13.8. The Hall–Kier alpha value is -3.55. The molecule has 0 saturated carbocycles. The van der Waals surface area contributed by atoms with Crippen molar-refractivity contribution >= 4 is 23.2 Å².